The fourth-order valence-corrected chi connectivity index (χ4v) is 1.69. The summed E-state index contributed by atoms with van der Waals surface area (Å²) in [5.41, 5.74) is 3.82. The molecule has 0 aliphatic carbocycles. The first kappa shape index (κ1) is 9.62. The molecule has 0 amide bonds. The highest BCUT2D eigenvalue weighted by atomic mass is 35.5. The molecule has 0 aromatic heterocycles. The fraction of sp³-hybridized carbons (Fsp3) is 0.222. The molecule has 0 spiro atoms. The Hall–Kier alpha value is -0.930. The van der Waals surface area contributed by atoms with Crippen LogP contribution in [-0.4, -0.2) is 24.4 Å². The van der Waals surface area contributed by atoms with Gasteiger partial charge in [-0.3, -0.25) is 15.4 Å². The predicted octanol–water partition coefficient (Wildman–Crippen LogP) is 2.66. The zero-order valence-electron chi connectivity index (χ0n) is 7.37. The van der Waals surface area contributed by atoms with Gasteiger partial charge in [-0.2, -0.15) is 0 Å². The van der Waals surface area contributed by atoms with Gasteiger partial charge in [-0.25, -0.2) is 0 Å². The van der Waals surface area contributed by atoms with Gasteiger partial charge in [0.05, 0.1) is 28.8 Å². The van der Waals surface area contributed by atoms with E-state index in [0.717, 1.165) is 18.8 Å². The number of hydrogen-bond donors (Lipinski definition) is 1. The van der Waals surface area contributed by atoms with E-state index in [1.54, 1.807) is 18.5 Å². The van der Waals surface area contributed by atoms with Gasteiger partial charge in [-0.05, 0) is 12.1 Å². The lowest BCUT2D eigenvalue weighted by molar-refractivity contribution is 0.557. The van der Waals surface area contributed by atoms with Crippen molar-refractivity contribution in [1.82, 2.24) is 5.01 Å². The molecule has 1 aromatic rings. The second-order valence-corrected chi connectivity index (χ2v) is 3.74. The van der Waals surface area contributed by atoms with Gasteiger partial charge in [-0.15, -0.1) is 0 Å². The number of hydrogen-bond acceptors (Lipinski definition) is 3. The number of nitrogens with one attached hydrogen (secondary N) is 1. The lowest BCUT2D eigenvalue weighted by atomic mass is 10.3. The van der Waals surface area contributed by atoms with Crippen LogP contribution in [0.4, 0.5) is 5.69 Å². The largest absolute Gasteiger partial charge is 0.294 e. The normalized spacial score (nSPS) is 14.9. The molecule has 0 unspecified atom stereocenters. The topological polar surface area (TPSA) is 27.6 Å². The summed E-state index contributed by atoms with van der Waals surface area (Å²) in [5, 5.41) is 3.07. The van der Waals surface area contributed by atoms with Crippen LogP contribution in [0.5, 0.6) is 0 Å². The molecule has 2 rings (SSSR count). The van der Waals surface area contributed by atoms with Crippen molar-refractivity contribution in [2.24, 2.45) is 4.99 Å². The molecule has 1 N–H and O–H groups in total. The van der Waals surface area contributed by atoms with E-state index < -0.39 is 0 Å². The fourth-order valence-electron chi connectivity index (χ4n) is 1.21. The molecule has 1 aliphatic heterocycles. The second kappa shape index (κ2) is 4.07. The van der Waals surface area contributed by atoms with Crippen molar-refractivity contribution in [3.63, 3.8) is 0 Å². The summed E-state index contributed by atoms with van der Waals surface area (Å²) in [7, 11) is 0. The minimum Gasteiger partial charge on any atom is -0.294 e. The summed E-state index contributed by atoms with van der Waals surface area (Å²) in [6.45, 7) is 1.64. The molecule has 1 heterocycles. The Morgan fingerprint density at radius 3 is 2.57 bits per heavy atom. The van der Waals surface area contributed by atoms with Crippen molar-refractivity contribution < 1.29 is 0 Å². The Morgan fingerprint density at radius 1 is 1.29 bits per heavy atom. The number of anilines is 1. The van der Waals surface area contributed by atoms with Crippen LogP contribution in [-0.2, 0) is 0 Å². The highest BCUT2D eigenvalue weighted by Gasteiger charge is 2.09. The predicted molar refractivity (Wildman–Crippen MR) is 60.1 cm³/mol. The lowest BCUT2D eigenvalue weighted by Gasteiger charge is -2.18. The van der Waals surface area contributed by atoms with E-state index >= 15 is 0 Å². The van der Waals surface area contributed by atoms with E-state index in [4.69, 9.17) is 23.2 Å². The zero-order valence-corrected chi connectivity index (χ0v) is 8.89. The van der Waals surface area contributed by atoms with Crippen molar-refractivity contribution in [2.45, 2.75) is 0 Å². The molecule has 3 nitrogen and oxygen atoms in total. The number of para-hydroxylation sites is 1. The maximum atomic E-state index is 5.99. The number of benzene rings is 1. The van der Waals surface area contributed by atoms with Gasteiger partial charge in [-0.1, -0.05) is 29.3 Å². The third kappa shape index (κ3) is 1.94. The van der Waals surface area contributed by atoms with Gasteiger partial charge in [0.25, 0.3) is 0 Å². The van der Waals surface area contributed by atoms with Crippen molar-refractivity contribution in [3.05, 3.63) is 28.2 Å². The van der Waals surface area contributed by atoms with Crippen molar-refractivity contribution in [3.8, 4) is 0 Å². The van der Waals surface area contributed by atoms with Crippen LogP contribution < -0.4 is 5.43 Å². The molecule has 0 bridgehead atoms. The maximum Gasteiger partial charge on any atom is 0.104 e. The highest BCUT2D eigenvalue weighted by Crippen LogP contribution is 2.30. The molecule has 0 atom stereocenters. The van der Waals surface area contributed by atoms with E-state index in [0.29, 0.717) is 10.0 Å². The quantitative estimate of drug-likeness (QED) is 0.845. The maximum absolute atomic E-state index is 5.99. The third-order valence-electron chi connectivity index (χ3n) is 1.91. The molecular weight excluding hydrogens is 221 g/mol. The monoisotopic (exact) mass is 229 g/mol. The smallest absolute Gasteiger partial charge is 0.104 e. The average molecular weight is 230 g/mol. The minimum absolute atomic E-state index is 0.609. The molecule has 74 valence electrons. The Labute approximate surface area is 92.3 Å². The Kier molecular flexibility index (Phi) is 2.79. The molecule has 1 aromatic carbocycles. The van der Waals surface area contributed by atoms with Gasteiger partial charge in [0.1, 0.15) is 6.34 Å². The molecule has 0 radical (unpaired) electrons. The van der Waals surface area contributed by atoms with E-state index in [9.17, 15) is 0 Å². The molecule has 1 aliphatic rings. The molecule has 0 fully saturated rings. The summed E-state index contributed by atoms with van der Waals surface area (Å²) in [6.07, 6.45) is 1.74. The minimum atomic E-state index is 0.609. The summed E-state index contributed by atoms with van der Waals surface area (Å²) in [5.74, 6) is 0. The van der Waals surface area contributed by atoms with Crippen molar-refractivity contribution in [2.75, 3.05) is 18.5 Å². The first-order chi connectivity index (χ1) is 6.77. The molecule has 14 heavy (non-hydrogen) atoms. The van der Waals surface area contributed by atoms with Crippen molar-refractivity contribution in [1.29, 1.82) is 0 Å². The lowest BCUT2D eigenvalue weighted by Crippen LogP contribution is -2.26. The van der Waals surface area contributed by atoms with E-state index in [1.807, 2.05) is 11.1 Å². The highest BCUT2D eigenvalue weighted by molar-refractivity contribution is 6.39. The number of nitrogens with zero attached hydrogens (tertiary/aromatic N) is 2. The molecule has 0 saturated carbocycles. The second-order valence-electron chi connectivity index (χ2n) is 2.92. The molecular formula is C9H9Cl2N3. The van der Waals surface area contributed by atoms with Gasteiger partial charge < -0.3 is 0 Å². The first-order valence-electron chi connectivity index (χ1n) is 4.24. The summed E-state index contributed by atoms with van der Waals surface area (Å²) in [4.78, 5) is 4.07. The summed E-state index contributed by atoms with van der Waals surface area (Å²) in [6, 6.07) is 5.40. The van der Waals surface area contributed by atoms with Crippen molar-refractivity contribution >= 4 is 35.2 Å². The van der Waals surface area contributed by atoms with Gasteiger partial charge in [0.15, 0.2) is 0 Å². The Bertz CT molecular complexity index is 345. The number of aliphatic imine (C=N–C) groups is 1. The van der Waals surface area contributed by atoms with Gasteiger partial charge in [0.2, 0.25) is 0 Å². The number of halogens is 2. The average Bonchev–Trinajstić information content (AvgIpc) is 2.64. The Morgan fingerprint density at radius 2 is 2.00 bits per heavy atom. The Balaban J connectivity index is 2.19. The number of hydrazine groups is 1. The standard InChI is InChI=1S/C9H9Cl2N3/c10-7-2-1-3-8(11)9(7)13-14-5-4-12-6-14/h1-3,6,13H,4-5H2. The van der Waals surface area contributed by atoms with Crippen LogP contribution >= 0.6 is 23.2 Å². The van der Waals surface area contributed by atoms with E-state index in [2.05, 4.69) is 10.4 Å². The molecule has 5 heteroatoms. The van der Waals surface area contributed by atoms with Crippen LogP contribution in [0.15, 0.2) is 23.2 Å². The van der Waals surface area contributed by atoms with Crippen LogP contribution in [0, 0.1) is 0 Å². The van der Waals surface area contributed by atoms with Crippen LogP contribution in [0.25, 0.3) is 0 Å². The van der Waals surface area contributed by atoms with E-state index in [-0.39, 0.29) is 0 Å². The summed E-state index contributed by atoms with van der Waals surface area (Å²) >= 11 is 12.0. The van der Waals surface area contributed by atoms with Crippen LogP contribution in [0.2, 0.25) is 10.0 Å². The number of rotatable bonds is 2. The van der Waals surface area contributed by atoms with Gasteiger partial charge >= 0.3 is 0 Å². The van der Waals surface area contributed by atoms with E-state index in [1.165, 1.54) is 0 Å². The first-order valence-corrected chi connectivity index (χ1v) is 5.00. The van der Waals surface area contributed by atoms with Crippen LogP contribution in [0.1, 0.15) is 0 Å². The zero-order chi connectivity index (χ0) is 9.97. The van der Waals surface area contributed by atoms with Crippen LogP contribution in [0.3, 0.4) is 0 Å². The van der Waals surface area contributed by atoms with Gasteiger partial charge in [0, 0.05) is 0 Å². The molecule has 0 saturated heterocycles. The third-order valence-corrected chi connectivity index (χ3v) is 2.54. The SMILES string of the molecule is Clc1cccc(Cl)c1NN1C=NCC1. The summed E-state index contributed by atoms with van der Waals surface area (Å²) < 4.78 is 0.